The van der Waals surface area contributed by atoms with Gasteiger partial charge in [0.1, 0.15) is 5.82 Å². The number of phenolic OH excluding ortho intramolecular Hbond substituents is 1. The van der Waals surface area contributed by atoms with E-state index in [9.17, 15) is 9.90 Å². The van der Waals surface area contributed by atoms with Crippen LogP contribution in [0.3, 0.4) is 0 Å². The molecule has 19 heavy (non-hydrogen) atoms. The standard InChI is InChI=1S/C14H14N2O3/c1-9-3-6-13(15-8-9)16-14(18)10-4-5-12(19-2)11(17)7-10/h3-8,17H,1-2H3,(H,15,16,18). The van der Waals surface area contributed by atoms with E-state index >= 15 is 0 Å². The second-order valence-corrected chi connectivity index (χ2v) is 4.06. The van der Waals surface area contributed by atoms with Crippen molar-refractivity contribution in [3.63, 3.8) is 0 Å². The number of benzene rings is 1. The summed E-state index contributed by atoms with van der Waals surface area (Å²) >= 11 is 0. The fraction of sp³-hybridized carbons (Fsp3) is 0.143. The van der Waals surface area contributed by atoms with Crippen molar-refractivity contribution < 1.29 is 14.6 Å². The number of amides is 1. The van der Waals surface area contributed by atoms with Crippen molar-refractivity contribution in [1.82, 2.24) is 4.98 Å². The van der Waals surface area contributed by atoms with Crippen molar-refractivity contribution in [2.24, 2.45) is 0 Å². The highest BCUT2D eigenvalue weighted by Crippen LogP contribution is 2.26. The highest BCUT2D eigenvalue weighted by molar-refractivity contribution is 6.04. The molecule has 0 unspecified atom stereocenters. The Kier molecular flexibility index (Phi) is 3.66. The molecule has 1 heterocycles. The molecular weight excluding hydrogens is 244 g/mol. The second kappa shape index (κ2) is 5.39. The van der Waals surface area contributed by atoms with Gasteiger partial charge in [-0.3, -0.25) is 4.79 Å². The van der Waals surface area contributed by atoms with E-state index in [1.807, 2.05) is 13.0 Å². The first kappa shape index (κ1) is 12.9. The van der Waals surface area contributed by atoms with Gasteiger partial charge >= 0.3 is 0 Å². The number of carbonyl (C=O) groups is 1. The normalized spacial score (nSPS) is 10.0. The topological polar surface area (TPSA) is 71.5 Å². The Balaban J connectivity index is 2.16. The summed E-state index contributed by atoms with van der Waals surface area (Å²) in [5.41, 5.74) is 1.35. The Morgan fingerprint density at radius 1 is 1.32 bits per heavy atom. The molecule has 0 aliphatic heterocycles. The summed E-state index contributed by atoms with van der Waals surface area (Å²) in [4.78, 5) is 16.0. The van der Waals surface area contributed by atoms with Crippen molar-refractivity contribution in [1.29, 1.82) is 0 Å². The number of methoxy groups -OCH3 is 1. The van der Waals surface area contributed by atoms with Crippen LogP contribution in [0.4, 0.5) is 5.82 Å². The van der Waals surface area contributed by atoms with Gasteiger partial charge < -0.3 is 15.2 Å². The largest absolute Gasteiger partial charge is 0.504 e. The number of anilines is 1. The van der Waals surface area contributed by atoms with Crippen LogP contribution in [0.5, 0.6) is 11.5 Å². The van der Waals surface area contributed by atoms with Crippen LogP contribution in [0.1, 0.15) is 15.9 Å². The molecule has 0 atom stereocenters. The van der Waals surface area contributed by atoms with Crippen LogP contribution in [0, 0.1) is 6.92 Å². The number of nitrogens with one attached hydrogen (secondary N) is 1. The quantitative estimate of drug-likeness (QED) is 0.886. The van der Waals surface area contributed by atoms with Crippen LogP contribution in [0.25, 0.3) is 0 Å². The Labute approximate surface area is 110 Å². The van der Waals surface area contributed by atoms with Gasteiger partial charge in [0.05, 0.1) is 7.11 Å². The molecule has 0 aliphatic carbocycles. The summed E-state index contributed by atoms with van der Waals surface area (Å²) in [5, 5.41) is 12.3. The average Bonchev–Trinajstić information content (AvgIpc) is 2.41. The number of aromatic hydroxyl groups is 1. The van der Waals surface area contributed by atoms with Gasteiger partial charge in [-0.15, -0.1) is 0 Å². The molecule has 2 rings (SSSR count). The van der Waals surface area contributed by atoms with Crippen molar-refractivity contribution in [3.05, 3.63) is 47.7 Å². The number of aryl methyl sites for hydroxylation is 1. The maximum Gasteiger partial charge on any atom is 0.256 e. The minimum atomic E-state index is -0.339. The molecule has 5 nitrogen and oxygen atoms in total. The fourth-order valence-electron chi connectivity index (χ4n) is 1.56. The summed E-state index contributed by atoms with van der Waals surface area (Å²) in [5.74, 6) is 0.372. The minimum absolute atomic E-state index is 0.0768. The third-order valence-corrected chi connectivity index (χ3v) is 2.59. The van der Waals surface area contributed by atoms with Gasteiger partial charge in [0, 0.05) is 11.8 Å². The molecule has 0 spiro atoms. The first-order valence-corrected chi connectivity index (χ1v) is 5.71. The van der Waals surface area contributed by atoms with E-state index in [2.05, 4.69) is 10.3 Å². The number of aromatic nitrogens is 1. The predicted molar refractivity (Wildman–Crippen MR) is 71.6 cm³/mol. The molecule has 0 radical (unpaired) electrons. The van der Waals surface area contributed by atoms with E-state index in [1.54, 1.807) is 18.3 Å². The van der Waals surface area contributed by atoms with Crippen molar-refractivity contribution in [2.75, 3.05) is 12.4 Å². The number of hydrogen-bond acceptors (Lipinski definition) is 4. The molecule has 0 aliphatic rings. The molecule has 0 saturated heterocycles. The lowest BCUT2D eigenvalue weighted by Crippen LogP contribution is -2.12. The Morgan fingerprint density at radius 2 is 2.11 bits per heavy atom. The zero-order valence-corrected chi connectivity index (χ0v) is 10.7. The molecule has 0 bridgehead atoms. The monoisotopic (exact) mass is 258 g/mol. The van der Waals surface area contributed by atoms with Gasteiger partial charge in [-0.25, -0.2) is 4.98 Å². The molecule has 2 N–H and O–H groups in total. The summed E-state index contributed by atoms with van der Waals surface area (Å²) in [6.45, 7) is 1.92. The molecule has 98 valence electrons. The minimum Gasteiger partial charge on any atom is -0.504 e. The van der Waals surface area contributed by atoms with Crippen molar-refractivity contribution in [3.8, 4) is 11.5 Å². The summed E-state index contributed by atoms with van der Waals surface area (Å²) < 4.78 is 4.92. The molecule has 0 fully saturated rings. The predicted octanol–water partition coefficient (Wildman–Crippen LogP) is 2.36. The van der Waals surface area contributed by atoms with E-state index < -0.39 is 0 Å². The van der Waals surface area contributed by atoms with E-state index in [1.165, 1.54) is 19.2 Å². The number of nitrogens with zero attached hydrogens (tertiary/aromatic N) is 1. The maximum absolute atomic E-state index is 11.9. The summed E-state index contributed by atoms with van der Waals surface area (Å²) in [7, 11) is 1.45. The third kappa shape index (κ3) is 3.01. The number of hydrogen-bond donors (Lipinski definition) is 2. The van der Waals surface area contributed by atoms with Crippen LogP contribution < -0.4 is 10.1 Å². The summed E-state index contributed by atoms with van der Waals surface area (Å²) in [6.07, 6.45) is 1.67. The van der Waals surface area contributed by atoms with Crippen LogP contribution in [0.15, 0.2) is 36.5 Å². The molecule has 1 amide bonds. The molecular formula is C14H14N2O3. The highest BCUT2D eigenvalue weighted by Gasteiger charge is 2.10. The van der Waals surface area contributed by atoms with Crippen molar-refractivity contribution in [2.45, 2.75) is 6.92 Å². The average molecular weight is 258 g/mol. The molecule has 0 saturated carbocycles. The first-order chi connectivity index (χ1) is 9.10. The molecule has 2 aromatic rings. The van der Waals surface area contributed by atoms with Crippen LogP contribution in [0.2, 0.25) is 0 Å². The highest BCUT2D eigenvalue weighted by atomic mass is 16.5. The molecule has 5 heteroatoms. The summed E-state index contributed by atoms with van der Waals surface area (Å²) in [6, 6.07) is 8.03. The van der Waals surface area contributed by atoms with Crippen LogP contribution in [-0.2, 0) is 0 Å². The second-order valence-electron chi connectivity index (χ2n) is 4.06. The number of phenols is 1. The smallest absolute Gasteiger partial charge is 0.256 e. The van der Waals surface area contributed by atoms with Gasteiger partial charge in [0.2, 0.25) is 0 Å². The zero-order chi connectivity index (χ0) is 13.8. The van der Waals surface area contributed by atoms with Crippen molar-refractivity contribution >= 4 is 11.7 Å². The van der Waals surface area contributed by atoms with E-state index in [0.717, 1.165) is 5.56 Å². The number of ether oxygens (including phenoxy) is 1. The van der Waals surface area contributed by atoms with Crippen LogP contribution in [-0.4, -0.2) is 23.1 Å². The van der Waals surface area contributed by atoms with Gasteiger partial charge in [-0.2, -0.15) is 0 Å². The number of pyridine rings is 1. The zero-order valence-electron chi connectivity index (χ0n) is 10.7. The van der Waals surface area contributed by atoms with Gasteiger partial charge in [-0.05, 0) is 36.8 Å². The van der Waals surface area contributed by atoms with Crippen LogP contribution >= 0.6 is 0 Å². The Bertz CT molecular complexity index is 594. The lowest BCUT2D eigenvalue weighted by atomic mass is 10.2. The lowest BCUT2D eigenvalue weighted by molar-refractivity contribution is 0.102. The molecule has 1 aromatic carbocycles. The third-order valence-electron chi connectivity index (χ3n) is 2.59. The SMILES string of the molecule is COc1ccc(C(=O)Nc2ccc(C)cn2)cc1O. The van der Waals surface area contributed by atoms with Gasteiger partial charge in [0.25, 0.3) is 5.91 Å². The van der Waals surface area contributed by atoms with Gasteiger partial charge in [0.15, 0.2) is 11.5 Å². The fourth-order valence-corrected chi connectivity index (χ4v) is 1.56. The number of carbonyl (C=O) groups excluding carboxylic acids is 1. The van der Waals surface area contributed by atoms with E-state index in [-0.39, 0.29) is 11.7 Å². The van der Waals surface area contributed by atoms with E-state index in [0.29, 0.717) is 17.1 Å². The first-order valence-electron chi connectivity index (χ1n) is 5.71. The Hall–Kier alpha value is -2.56. The molecule has 1 aromatic heterocycles. The lowest BCUT2D eigenvalue weighted by Gasteiger charge is -2.07. The van der Waals surface area contributed by atoms with Gasteiger partial charge in [-0.1, -0.05) is 6.07 Å². The Morgan fingerprint density at radius 3 is 2.68 bits per heavy atom. The maximum atomic E-state index is 11.9. The van der Waals surface area contributed by atoms with E-state index in [4.69, 9.17) is 4.74 Å². The number of rotatable bonds is 3.